The predicted molar refractivity (Wildman–Crippen MR) is 137 cm³/mol. The normalized spacial score (nSPS) is 28.7. The molecule has 0 atom stereocenters. The molecular weight excluding hydrogens is 1340 g/mol. The third-order valence-corrected chi connectivity index (χ3v) is 10.2. The number of hydrogen-bond acceptors (Lipinski definition) is 12. The Hall–Kier alpha value is -3.56. The minimum absolute atomic E-state index is 0.889. The quantitative estimate of drug-likeness (QED) is 0.0680. The molecule has 0 aromatic heterocycles. The van der Waals surface area contributed by atoms with Crippen LogP contribution in [0.2, 0.25) is 0 Å². The van der Waals surface area contributed by atoms with Crippen LogP contribution < -0.4 is 0 Å². The second kappa shape index (κ2) is 17.6. The summed E-state index contributed by atoms with van der Waals surface area (Å²) < 4.78 is 659. The predicted octanol–water partition coefficient (Wildman–Crippen LogP) is 10.4. The van der Waals surface area contributed by atoms with Crippen LogP contribution in [0.4, 0.5) is 193 Å². The fraction of sp³-hybridized carbons (Fsp3) is 1.00. The van der Waals surface area contributed by atoms with Gasteiger partial charge in [0.25, 0.3) is 22.4 Å². The van der Waals surface area contributed by atoms with Crippen molar-refractivity contribution in [2.24, 2.45) is 0 Å². The second-order valence-corrected chi connectivity index (χ2v) is 15.4. The Bertz CT molecular complexity index is 2010. The maximum atomic E-state index is 16.8. The van der Waals surface area contributed by atoms with E-state index in [4.69, 9.17) is 20.4 Å². The van der Waals surface area contributed by atoms with E-state index in [-0.39, 0.29) is 0 Å². The first-order valence-electron chi connectivity index (χ1n) is 17.5. The standard InChI is InChI=1S/C26H4F44O12/c27-5(28)1(75-19(55,56)23(63,64)79-15(47,48)11(39,40)71)6(29,30)3(77-21(59,60)25(67,68)81-17(51,52)13(43,44)73)8(33,34)2(5,76-20(57,58)24(65,66)80-16(49,50)12(41,42)72)9(35,36)4(7(1,31)32,10(3,37)38)78-22(61,62)26(69,70)82-18(53,54)14(45,46)74/h71-74H. The largest absolute Gasteiger partial charge is 0.453 e. The first kappa shape index (κ1) is 72.7. The molecule has 0 aliphatic heterocycles. The molecule has 56 heteroatoms. The molecule has 0 unspecified atom stereocenters. The molecule has 4 N–H and O–H groups in total. The van der Waals surface area contributed by atoms with Crippen LogP contribution in [0, 0.1) is 0 Å². The lowest BCUT2D eigenvalue weighted by Crippen LogP contribution is -3.13. The molecule has 4 aliphatic carbocycles. The molecule has 0 aromatic carbocycles. The van der Waals surface area contributed by atoms with Gasteiger partial charge < -0.3 is 20.4 Å². The molecular formula is C26H4F44O12. The first-order chi connectivity index (χ1) is 34.7. The summed E-state index contributed by atoms with van der Waals surface area (Å²) in [5.41, 5.74) is -44.1. The van der Waals surface area contributed by atoms with E-state index < -0.39 is 156 Å². The Morgan fingerprint density at radius 1 is 0.171 bits per heavy atom. The molecule has 488 valence electrons. The molecule has 0 heterocycles. The minimum atomic E-state index is -11.0. The summed E-state index contributed by atoms with van der Waals surface area (Å²) in [5.74, 6) is -66.0. The van der Waals surface area contributed by atoms with Crippen LogP contribution >= 0.6 is 0 Å². The van der Waals surface area contributed by atoms with Crippen molar-refractivity contribution in [1.82, 2.24) is 0 Å². The zero-order valence-corrected chi connectivity index (χ0v) is 34.7. The van der Waals surface area contributed by atoms with Gasteiger partial charge in [0.2, 0.25) is 0 Å². The van der Waals surface area contributed by atoms with Gasteiger partial charge in [-0.2, -0.15) is 193 Å². The SMILES string of the molecule is OC(F)(F)C(F)(F)OC(F)(F)C(F)(F)OC12C(F)(F)C3(OC(F)(F)C(F)(F)OC(F)(F)C(O)(F)F)C(F)(F)C(OC(F)(F)C(F)(F)OC(F)(F)C(O)(F)F)(C1(F)F)C(F)(F)C(OC(F)(F)C(F)(F)OC(F)(F)C(O)(F)F)(C2(F)F)C3(F)F. The average molecular weight is 1340 g/mol. The zero-order chi connectivity index (χ0) is 66.7. The fourth-order valence-corrected chi connectivity index (χ4v) is 6.76. The van der Waals surface area contributed by atoms with Crippen molar-refractivity contribution in [2.75, 3.05) is 0 Å². The molecule has 0 radical (unpaired) electrons. The van der Waals surface area contributed by atoms with Gasteiger partial charge in [0.05, 0.1) is 0 Å². The second-order valence-electron chi connectivity index (χ2n) is 15.4. The highest BCUT2D eigenvalue weighted by atomic mass is 19.4. The molecule has 0 spiro atoms. The number of ether oxygens (including phenoxy) is 8. The highest BCUT2D eigenvalue weighted by Gasteiger charge is 3.24. The van der Waals surface area contributed by atoms with E-state index in [9.17, 15) is 105 Å². The lowest BCUT2D eigenvalue weighted by Gasteiger charge is -2.79. The summed E-state index contributed by atoms with van der Waals surface area (Å²) in [6.45, 7) is 0. The number of halogens is 44. The van der Waals surface area contributed by atoms with E-state index in [0.717, 1.165) is 37.9 Å². The van der Waals surface area contributed by atoms with Gasteiger partial charge in [-0.15, -0.1) is 0 Å². The van der Waals surface area contributed by atoms with E-state index in [2.05, 4.69) is 0 Å². The van der Waals surface area contributed by atoms with E-state index in [1.54, 1.807) is 0 Å². The Balaban J connectivity index is 3.08. The summed E-state index contributed by atoms with van der Waals surface area (Å²) >= 11 is 0. The van der Waals surface area contributed by atoms with Gasteiger partial charge >= 0.3 is 133 Å². The molecule has 4 bridgehead atoms. The topological polar surface area (TPSA) is 155 Å². The zero-order valence-electron chi connectivity index (χ0n) is 34.7. The van der Waals surface area contributed by atoms with Gasteiger partial charge in [0, 0.05) is 0 Å². The highest BCUT2D eigenvalue weighted by Crippen LogP contribution is 2.90. The lowest BCUT2D eigenvalue weighted by atomic mass is 9.38. The van der Waals surface area contributed by atoms with Crippen molar-refractivity contribution in [3.05, 3.63) is 0 Å². The molecule has 4 rings (SSSR count). The Labute approximate surface area is 408 Å². The van der Waals surface area contributed by atoms with Crippen molar-refractivity contribution >= 4 is 0 Å². The fourth-order valence-electron chi connectivity index (χ4n) is 6.76. The van der Waals surface area contributed by atoms with Crippen LogP contribution in [0.15, 0.2) is 0 Å². The van der Waals surface area contributed by atoms with Crippen molar-refractivity contribution in [2.45, 2.75) is 156 Å². The van der Waals surface area contributed by atoms with Gasteiger partial charge in [-0.25, -0.2) is 18.9 Å². The lowest BCUT2D eigenvalue weighted by molar-refractivity contribution is -0.697. The van der Waals surface area contributed by atoms with Gasteiger partial charge in [-0.3, -0.25) is 18.9 Å². The van der Waals surface area contributed by atoms with Crippen molar-refractivity contribution < 1.29 is 251 Å². The smallest absolute Gasteiger partial charge is 0.329 e. The maximum Gasteiger partial charge on any atom is 0.453 e. The van der Waals surface area contributed by atoms with Crippen LogP contribution in [0.25, 0.3) is 0 Å². The average Bonchev–Trinajstić information content (AvgIpc) is 3.14. The Morgan fingerprint density at radius 2 is 0.268 bits per heavy atom. The van der Waals surface area contributed by atoms with Gasteiger partial charge in [-0.05, 0) is 0 Å². The number of alkyl halides is 44. The monoisotopic (exact) mass is 1340 g/mol. The van der Waals surface area contributed by atoms with Crippen LogP contribution in [-0.4, -0.2) is 176 Å². The van der Waals surface area contributed by atoms with E-state index >= 15 is 87.8 Å². The molecule has 0 aromatic rings. The van der Waals surface area contributed by atoms with Gasteiger partial charge in [-0.1, -0.05) is 0 Å². The Kier molecular flexibility index (Phi) is 15.6. The Morgan fingerprint density at radius 3 is 0.354 bits per heavy atom. The number of aliphatic hydroxyl groups is 4. The van der Waals surface area contributed by atoms with Crippen LogP contribution in [-0.2, 0) is 37.9 Å². The van der Waals surface area contributed by atoms with E-state index in [0.29, 0.717) is 0 Å². The summed E-state index contributed by atoms with van der Waals surface area (Å²) in [5, 5.41) is 31.4. The number of hydrogen-bond donors (Lipinski definition) is 4. The number of rotatable bonds is 24. The van der Waals surface area contributed by atoms with E-state index in [1.807, 2.05) is 0 Å². The highest BCUT2D eigenvalue weighted by molar-refractivity contribution is 5.55. The first-order valence-corrected chi connectivity index (χ1v) is 17.5. The van der Waals surface area contributed by atoms with Crippen LogP contribution in [0.1, 0.15) is 0 Å². The summed E-state index contributed by atoms with van der Waals surface area (Å²) in [4.78, 5) is 0. The summed E-state index contributed by atoms with van der Waals surface area (Å²) in [7, 11) is 0. The van der Waals surface area contributed by atoms with Crippen LogP contribution in [0.3, 0.4) is 0 Å². The summed E-state index contributed by atoms with van der Waals surface area (Å²) in [6.07, 6.45) is -143. The molecule has 4 aliphatic rings. The van der Waals surface area contributed by atoms with Crippen LogP contribution in [0.5, 0.6) is 0 Å². The van der Waals surface area contributed by atoms with Crippen molar-refractivity contribution in [1.29, 1.82) is 0 Å². The third-order valence-electron chi connectivity index (χ3n) is 10.2. The molecule has 0 amide bonds. The molecule has 12 nitrogen and oxygen atoms in total. The molecule has 82 heavy (non-hydrogen) atoms. The maximum absolute atomic E-state index is 16.8. The third kappa shape index (κ3) is 8.64. The van der Waals surface area contributed by atoms with Crippen molar-refractivity contribution in [3.8, 4) is 0 Å². The molecule has 4 fully saturated rings. The van der Waals surface area contributed by atoms with Crippen molar-refractivity contribution in [3.63, 3.8) is 0 Å². The summed E-state index contributed by atoms with van der Waals surface area (Å²) in [6, 6.07) is 0. The van der Waals surface area contributed by atoms with E-state index in [1.165, 1.54) is 0 Å². The van der Waals surface area contributed by atoms with Gasteiger partial charge in [0.15, 0.2) is 0 Å². The van der Waals surface area contributed by atoms with Gasteiger partial charge in [0.1, 0.15) is 0 Å². The minimum Gasteiger partial charge on any atom is -0.329 e. The molecule has 4 saturated carbocycles. The molecule has 0 saturated heterocycles.